The first-order chi connectivity index (χ1) is 13.5. The maximum absolute atomic E-state index is 11.1. The molecule has 0 aliphatic heterocycles. The maximum Gasteiger partial charge on any atom is 0.333 e. The summed E-state index contributed by atoms with van der Waals surface area (Å²) in [6.07, 6.45) is 3.14. The van der Waals surface area contributed by atoms with Gasteiger partial charge in [-0.2, -0.15) is 0 Å². The lowest BCUT2D eigenvalue weighted by Gasteiger charge is -2.12. The maximum atomic E-state index is 11.1. The molecule has 2 aromatic rings. The predicted molar refractivity (Wildman–Crippen MR) is 127 cm³/mol. The second-order valence-electron chi connectivity index (χ2n) is 5.77. The summed E-state index contributed by atoms with van der Waals surface area (Å²) < 4.78 is 13.2. The van der Waals surface area contributed by atoms with Crippen molar-refractivity contribution in [2.45, 2.75) is 19.4 Å². The van der Waals surface area contributed by atoms with E-state index in [0.717, 1.165) is 16.9 Å². The van der Waals surface area contributed by atoms with Gasteiger partial charge in [0.1, 0.15) is 12.4 Å². The van der Waals surface area contributed by atoms with Crippen LogP contribution >= 0.6 is 45.2 Å². The van der Waals surface area contributed by atoms with E-state index in [4.69, 9.17) is 14.6 Å². The summed E-state index contributed by atoms with van der Waals surface area (Å²) in [5, 5.41) is 9.14. The normalized spacial score (nSPS) is 11.7. The first-order valence-electron chi connectivity index (χ1n) is 8.66. The average Bonchev–Trinajstić information content (AvgIpc) is 2.64. The first kappa shape index (κ1) is 22.7. The third-order valence-corrected chi connectivity index (χ3v) is 4.86. The summed E-state index contributed by atoms with van der Waals surface area (Å²) in [6, 6.07) is 13.5. The van der Waals surface area contributed by atoms with Gasteiger partial charge in [0.25, 0.3) is 0 Å². The van der Waals surface area contributed by atoms with E-state index in [0.29, 0.717) is 19.6 Å². The molecule has 0 aliphatic carbocycles. The minimum atomic E-state index is -0.951. The molecule has 0 saturated heterocycles. The molecule has 0 radical (unpaired) electrons. The lowest BCUT2D eigenvalue weighted by molar-refractivity contribution is -0.149. The number of halogens is 2. The Morgan fingerprint density at radius 2 is 1.86 bits per heavy atom. The van der Waals surface area contributed by atoms with Gasteiger partial charge < -0.3 is 14.6 Å². The topological polar surface area (TPSA) is 55.8 Å². The Labute approximate surface area is 192 Å². The van der Waals surface area contributed by atoms with E-state index in [9.17, 15) is 4.79 Å². The van der Waals surface area contributed by atoms with E-state index in [2.05, 4.69) is 63.1 Å². The van der Waals surface area contributed by atoms with Crippen molar-refractivity contribution in [2.24, 2.45) is 0 Å². The number of hydrogen-bond acceptors (Lipinski definition) is 3. The van der Waals surface area contributed by atoms with Crippen LogP contribution in [-0.2, 0) is 16.0 Å². The molecule has 1 N–H and O–H groups in total. The van der Waals surface area contributed by atoms with Crippen LogP contribution in [0.25, 0.3) is 0 Å². The van der Waals surface area contributed by atoms with Gasteiger partial charge in [0.05, 0.1) is 0 Å². The van der Waals surface area contributed by atoms with E-state index in [1.807, 2.05) is 42.5 Å². The molecule has 1 atom stereocenters. The molecule has 0 aliphatic rings. The van der Waals surface area contributed by atoms with Crippen molar-refractivity contribution in [3.8, 4) is 17.6 Å². The van der Waals surface area contributed by atoms with Gasteiger partial charge >= 0.3 is 5.97 Å². The fraction of sp³-hybridized carbons (Fsp3) is 0.227. The number of hydrogen-bond donors (Lipinski definition) is 1. The molecule has 0 unspecified atom stereocenters. The molecule has 2 aromatic carbocycles. The van der Waals surface area contributed by atoms with Crippen LogP contribution in [0.15, 0.2) is 54.6 Å². The molecule has 146 valence electrons. The number of ether oxygens (including phenoxy) is 2. The number of carboxylic acid groups (broad SMARTS) is 1. The van der Waals surface area contributed by atoms with Crippen molar-refractivity contribution in [1.29, 1.82) is 0 Å². The lowest BCUT2D eigenvalue weighted by atomic mass is 10.1. The van der Waals surface area contributed by atoms with Gasteiger partial charge in [-0.05, 0) is 100 Å². The number of allylic oxidation sites excluding steroid dienone is 1. The van der Waals surface area contributed by atoms with E-state index >= 15 is 0 Å². The minimum absolute atomic E-state index is 0.330. The Bertz CT molecular complexity index is 859. The standard InChI is InChI=1S/C22H20I2O4/c1-2-27-21(22(25)26)14-16-7-9-20(10-8-16)28-11-5-3-4-6-17-12-18(23)15-19(24)13-17/h3,5,7-10,12-13,15,21H,2,11,14H2,1H3,(H,25,26)/t21-/m0/s1. The molecule has 2 rings (SSSR count). The number of carboxylic acids is 1. The SMILES string of the molecule is CCO[C@@H](Cc1ccc(OCC=CC#Cc2cc(I)cc(I)c2)cc1)C(=O)O. The Kier molecular flexibility index (Phi) is 9.81. The minimum Gasteiger partial charge on any atom is -0.490 e. The van der Waals surface area contributed by atoms with E-state index in [1.165, 1.54) is 7.14 Å². The highest BCUT2D eigenvalue weighted by molar-refractivity contribution is 14.1. The summed E-state index contributed by atoms with van der Waals surface area (Å²) in [6.45, 7) is 2.57. The van der Waals surface area contributed by atoms with Crippen molar-refractivity contribution in [1.82, 2.24) is 0 Å². The van der Waals surface area contributed by atoms with Crippen molar-refractivity contribution in [2.75, 3.05) is 13.2 Å². The number of rotatable bonds is 8. The largest absolute Gasteiger partial charge is 0.490 e. The van der Waals surface area contributed by atoms with Crippen molar-refractivity contribution < 1.29 is 19.4 Å². The van der Waals surface area contributed by atoms with Gasteiger partial charge in [-0.15, -0.1) is 0 Å². The van der Waals surface area contributed by atoms with Gasteiger partial charge in [0.2, 0.25) is 0 Å². The molecule has 0 bridgehead atoms. The summed E-state index contributed by atoms with van der Waals surface area (Å²) in [5.41, 5.74) is 1.88. The summed E-state index contributed by atoms with van der Waals surface area (Å²) in [5.74, 6) is 5.89. The van der Waals surface area contributed by atoms with Crippen LogP contribution in [0.5, 0.6) is 5.75 Å². The zero-order valence-electron chi connectivity index (χ0n) is 15.3. The zero-order chi connectivity index (χ0) is 20.4. The summed E-state index contributed by atoms with van der Waals surface area (Å²) >= 11 is 4.56. The molecule has 0 amide bonds. The molecule has 0 fully saturated rings. The monoisotopic (exact) mass is 602 g/mol. The molecule has 0 saturated carbocycles. The molecular weight excluding hydrogens is 582 g/mol. The lowest BCUT2D eigenvalue weighted by Crippen LogP contribution is -2.26. The van der Waals surface area contributed by atoms with Gasteiger partial charge in [0.15, 0.2) is 6.10 Å². The van der Waals surface area contributed by atoms with Crippen molar-refractivity contribution in [3.05, 3.63) is 72.9 Å². The summed E-state index contributed by atoms with van der Waals surface area (Å²) in [7, 11) is 0. The molecule has 4 nitrogen and oxygen atoms in total. The van der Waals surface area contributed by atoms with Gasteiger partial charge in [0, 0.05) is 25.7 Å². The fourth-order valence-corrected chi connectivity index (χ4v) is 4.29. The van der Waals surface area contributed by atoms with Gasteiger partial charge in [-0.1, -0.05) is 24.0 Å². The van der Waals surface area contributed by atoms with Gasteiger partial charge in [-0.25, -0.2) is 4.79 Å². The van der Waals surface area contributed by atoms with E-state index in [-0.39, 0.29) is 0 Å². The Morgan fingerprint density at radius 1 is 1.18 bits per heavy atom. The molecular formula is C22H20I2O4. The average molecular weight is 602 g/mol. The first-order valence-corrected chi connectivity index (χ1v) is 10.8. The summed E-state index contributed by atoms with van der Waals surface area (Å²) in [4.78, 5) is 11.1. The third-order valence-electron chi connectivity index (χ3n) is 3.61. The van der Waals surface area contributed by atoms with Crippen LogP contribution in [0.4, 0.5) is 0 Å². The molecule has 0 spiro atoms. The highest BCUT2D eigenvalue weighted by Gasteiger charge is 2.17. The van der Waals surface area contributed by atoms with Crippen LogP contribution < -0.4 is 4.74 Å². The molecule has 0 heterocycles. The Balaban J connectivity index is 1.82. The second-order valence-corrected chi connectivity index (χ2v) is 8.26. The van der Waals surface area contributed by atoms with Crippen LogP contribution in [0.3, 0.4) is 0 Å². The second kappa shape index (κ2) is 12.1. The highest BCUT2D eigenvalue weighted by atomic mass is 127. The zero-order valence-corrected chi connectivity index (χ0v) is 19.6. The highest BCUT2D eigenvalue weighted by Crippen LogP contribution is 2.15. The number of aliphatic carboxylic acids is 1. The van der Waals surface area contributed by atoms with Crippen LogP contribution in [-0.4, -0.2) is 30.4 Å². The Morgan fingerprint density at radius 3 is 2.46 bits per heavy atom. The molecule has 28 heavy (non-hydrogen) atoms. The quantitative estimate of drug-likeness (QED) is 0.345. The smallest absolute Gasteiger partial charge is 0.333 e. The van der Waals surface area contributed by atoms with Crippen molar-refractivity contribution in [3.63, 3.8) is 0 Å². The molecule has 6 heteroatoms. The van der Waals surface area contributed by atoms with Gasteiger partial charge in [-0.3, -0.25) is 0 Å². The number of benzene rings is 2. The third kappa shape index (κ3) is 8.20. The van der Waals surface area contributed by atoms with Crippen molar-refractivity contribution >= 4 is 51.2 Å². The Hall–Kier alpha value is -1.57. The van der Waals surface area contributed by atoms with E-state index < -0.39 is 12.1 Å². The molecule has 0 aromatic heterocycles. The predicted octanol–water partition coefficient (Wildman–Crippen LogP) is 4.91. The van der Waals surface area contributed by atoms with Crippen LogP contribution in [0, 0.1) is 19.0 Å². The fourth-order valence-electron chi connectivity index (χ4n) is 2.36. The number of carbonyl (C=O) groups is 1. The van der Waals surface area contributed by atoms with Crippen LogP contribution in [0.2, 0.25) is 0 Å². The van der Waals surface area contributed by atoms with E-state index in [1.54, 1.807) is 13.0 Å². The van der Waals surface area contributed by atoms with Crippen LogP contribution in [0.1, 0.15) is 18.1 Å².